The molecule has 0 N–H and O–H groups in total. The standard InChI is InChI=1S/C10H17NO2/c1-8-12-7-10(13-8)6-11-4-2-3-9(10)5-11/h8-9H,2-7H2,1H3. The van der Waals surface area contributed by atoms with E-state index >= 15 is 0 Å². The summed E-state index contributed by atoms with van der Waals surface area (Å²) in [5.74, 6) is 0.728. The fourth-order valence-corrected chi connectivity index (χ4v) is 3.09. The molecule has 3 rings (SSSR count). The van der Waals surface area contributed by atoms with Crippen LogP contribution in [0.25, 0.3) is 0 Å². The van der Waals surface area contributed by atoms with Gasteiger partial charge in [0.15, 0.2) is 6.29 Å². The van der Waals surface area contributed by atoms with Crippen molar-refractivity contribution >= 4 is 0 Å². The molecule has 0 aromatic heterocycles. The lowest BCUT2D eigenvalue weighted by Crippen LogP contribution is -2.40. The monoisotopic (exact) mass is 183 g/mol. The third kappa shape index (κ3) is 1.14. The second-order valence-corrected chi connectivity index (χ2v) is 4.64. The number of fused-ring (bicyclic) bond motifs is 3. The number of rotatable bonds is 0. The van der Waals surface area contributed by atoms with Gasteiger partial charge in [-0.15, -0.1) is 0 Å². The van der Waals surface area contributed by atoms with E-state index in [1.807, 2.05) is 6.92 Å². The van der Waals surface area contributed by atoms with Gasteiger partial charge in [-0.2, -0.15) is 0 Å². The maximum Gasteiger partial charge on any atom is 0.155 e. The molecule has 13 heavy (non-hydrogen) atoms. The van der Waals surface area contributed by atoms with Gasteiger partial charge in [0.2, 0.25) is 0 Å². The van der Waals surface area contributed by atoms with Crippen LogP contribution in [0.2, 0.25) is 0 Å². The van der Waals surface area contributed by atoms with Crippen molar-refractivity contribution in [3.05, 3.63) is 0 Å². The van der Waals surface area contributed by atoms with Crippen LogP contribution in [0.15, 0.2) is 0 Å². The van der Waals surface area contributed by atoms with Crippen LogP contribution in [0.1, 0.15) is 19.8 Å². The van der Waals surface area contributed by atoms with Crippen LogP contribution in [-0.4, -0.2) is 43.0 Å². The molecule has 3 nitrogen and oxygen atoms in total. The first-order chi connectivity index (χ1) is 6.28. The van der Waals surface area contributed by atoms with E-state index in [1.165, 1.54) is 25.9 Å². The molecule has 0 saturated carbocycles. The first-order valence-corrected chi connectivity index (χ1v) is 5.30. The van der Waals surface area contributed by atoms with Gasteiger partial charge in [0.1, 0.15) is 5.60 Å². The van der Waals surface area contributed by atoms with E-state index in [0.29, 0.717) is 0 Å². The van der Waals surface area contributed by atoms with Gasteiger partial charge >= 0.3 is 0 Å². The molecule has 74 valence electrons. The van der Waals surface area contributed by atoms with Crippen LogP contribution in [0.3, 0.4) is 0 Å². The quantitative estimate of drug-likeness (QED) is 0.555. The van der Waals surface area contributed by atoms with Gasteiger partial charge in [0.25, 0.3) is 0 Å². The Labute approximate surface area is 79.0 Å². The van der Waals surface area contributed by atoms with E-state index in [9.17, 15) is 0 Å². The van der Waals surface area contributed by atoms with Crippen molar-refractivity contribution in [1.29, 1.82) is 0 Å². The average molecular weight is 183 g/mol. The number of hydrogen-bond acceptors (Lipinski definition) is 3. The van der Waals surface area contributed by atoms with Gasteiger partial charge in [0, 0.05) is 19.0 Å². The lowest BCUT2D eigenvalue weighted by Gasteiger charge is -2.27. The van der Waals surface area contributed by atoms with Crippen LogP contribution in [0.4, 0.5) is 0 Å². The minimum absolute atomic E-state index is 0.0144. The number of ether oxygens (including phenoxy) is 2. The molecule has 3 aliphatic rings. The molecule has 0 aromatic rings. The van der Waals surface area contributed by atoms with Crippen LogP contribution in [0.5, 0.6) is 0 Å². The minimum atomic E-state index is 0.0144. The van der Waals surface area contributed by atoms with E-state index in [2.05, 4.69) is 4.90 Å². The highest BCUT2D eigenvalue weighted by Crippen LogP contribution is 2.41. The van der Waals surface area contributed by atoms with Gasteiger partial charge < -0.3 is 9.47 Å². The molecule has 3 aliphatic heterocycles. The first-order valence-electron chi connectivity index (χ1n) is 5.30. The first kappa shape index (κ1) is 8.21. The van der Waals surface area contributed by atoms with Crippen LogP contribution in [0, 0.1) is 5.92 Å². The smallest absolute Gasteiger partial charge is 0.155 e. The highest BCUT2D eigenvalue weighted by Gasteiger charge is 2.53. The Morgan fingerprint density at radius 3 is 3.08 bits per heavy atom. The zero-order valence-corrected chi connectivity index (χ0v) is 8.16. The lowest BCUT2D eigenvalue weighted by molar-refractivity contribution is -0.0850. The van der Waals surface area contributed by atoms with E-state index in [4.69, 9.17) is 9.47 Å². The van der Waals surface area contributed by atoms with E-state index in [0.717, 1.165) is 19.1 Å². The Bertz CT molecular complexity index is 221. The molecular formula is C10H17NO2. The number of hydrogen-bond donors (Lipinski definition) is 0. The molecule has 1 spiro atoms. The summed E-state index contributed by atoms with van der Waals surface area (Å²) in [5.41, 5.74) is 0.0654. The highest BCUT2D eigenvalue weighted by atomic mass is 16.7. The Kier molecular flexibility index (Phi) is 1.70. The van der Waals surface area contributed by atoms with Crippen LogP contribution >= 0.6 is 0 Å². The summed E-state index contributed by atoms with van der Waals surface area (Å²) in [7, 11) is 0. The minimum Gasteiger partial charge on any atom is -0.350 e. The van der Waals surface area contributed by atoms with Crippen molar-refractivity contribution in [3.63, 3.8) is 0 Å². The molecule has 2 bridgehead atoms. The zero-order chi connectivity index (χ0) is 8.89. The summed E-state index contributed by atoms with van der Waals surface area (Å²) in [6.45, 7) is 6.41. The molecule has 0 amide bonds. The van der Waals surface area contributed by atoms with E-state index in [-0.39, 0.29) is 11.9 Å². The van der Waals surface area contributed by atoms with Crippen LogP contribution in [-0.2, 0) is 9.47 Å². The summed E-state index contributed by atoms with van der Waals surface area (Å²) in [6, 6.07) is 0. The normalized spacial score (nSPS) is 54.7. The maximum atomic E-state index is 5.96. The third-order valence-corrected chi connectivity index (χ3v) is 3.70. The van der Waals surface area contributed by atoms with Gasteiger partial charge in [-0.3, -0.25) is 4.90 Å². The Morgan fingerprint density at radius 2 is 2.38 bits per heavy atom. The van der Waals surface area contributed by atoms with Gasteiger partial charge in [0.05, 0.1) is 6.61 Å². The van der Waals surface area contributed by atoms with Crippen molar-refractivity contribution in [2.45, 2.75) is 31.7 Å². The summed E-state index contributed by atoms with van der Waals surface area (Å²) in [4.78, 5) is 2.52. The van der Waals surface area contributed by atoms with Crippen molar-refractivity contribution in [2.75, 3.05) is 26.2 Å². The number of piperidine rings is 1. The predicted octanol–water partition coefficient (Wildman–Crippen LogP) is 0.844. The fourth-order valence-electron chi connectivity index (χ4n) is 3.09. The highest BCUT2D eigenvalue weighted by molar-refractivity contribution is 5.03. The second kappa shape index (κ2) is 2.69. The molecule has 3 heteroatoms. The molecule has 3 heterocycles. The molecule has 0 aromatic carbocycles. The topological polar surface area (TPSA) is 21.7 Å². The molecule has 3 fully saturated rings. The third-order valence-electron chi connectivity index (χ3n) is 3.70. The Balaban J connectivity index is 1.84. The van der Waals surface area contributed by atoms with Gasteiger partial charge in [-0.05, 0) is 26.3 Å². The summed E-state index contributed by atoms with van der Waals surface area (Å²) < 4.78 is 11.5. The van der Waals surface area contributed by atoms with Crippen molar-refractivity contribution in [1.82, 2.24) is 4.90 Å². The Hall–Kier alpha value is -0.120. The van der Waals surface area contributed by atoms with Crippen LogP contribution < -0.4 is 0 Å². The molecule has 4 atom stereocenters. The summed E-state index contributed by atoms with van der Waals surface area (Å²) in [6.07, 6.45) is 2.68. The molecular weight excluding hydrogens is 166 g/mol. The molecule has 0 aliphatic carbocycles. The Morgan fingerprint density at radius 1 is 1.46 bits per heavy atom. The molecule has 4 unspecified atom stereocenters. The zero-order valence-electron chi connectivity index (χ0n) is 8.16. The van der Waals surface area contributed by atoms with Crippen molar-refractivity contribution < 1.29 is 9.47 Å². The van der Waals surface area contributed by atoms with E-state index in [1.54, 1.807) is 0 Å². The SMILES string of the molecule is CC1OCC2(CN3CCCC2C3)O1. The summed E-state index contributed by atoms with van der Waals surface area (Å²) in [5, 5.41) is 0. The summed E-state index contributed by atoms with van der Waals surface area (Å²) >= 11 is 0. The predicted molar refractivity (Wildman–Crippen MR) is 48.4 cm³/mol. The van der Waals surface area contributed by atoms with Crippen molar-refractivity contribution in [3.8, 4) is 0 Å². The lowest BCUT2D eigenvalue weighted by atomic mass is 9.87. The largest absolute Gasteiger partial charge is 0.350 e. The van der Waals surface area contributed by atoms with Gasteiger partial charge in [-0.1, -0.05) is 0 Å². The van der Waals surface area contributed by atoms with Crippen molar-refractivity contribution in [2.24, 2.45) is 5.92 Å². The number of nitrogens with zero attached hydrogens (tertiary/aromatic N) is 1. The molecule has 0 radical (unpaired) electrons. The maximum absolute atomic E-state index is 5.96. The van der Waals surface area contributed by atoms with Gasteiger partial charge in [-0.25, -0.2) is 0 Å². The fraction of sp³-hybridized carbons (Fsp3) is 1.00. The van der Waals surface area contributed by atoms with E-state index < -0.39 is 0 Å². The molecule has 3 saturated heterocycles. The second-order valence-electron chi connectivity index (χ2n) is 4.64. The average Bonchev–Trinajstić information content (AvgIpc) is 2.58.